The highest BCUT2D eigenvalue weighted by Gasteiger charge is 2.27. The Morgan fingerprint density at radius 3 is 2.47 bits per heavy atom. The average molecular weight is 205 g/mol. The number of carbonyl (C=O) groups excluding carboxylic acids is 1. The molecule has 1 aromatic carbocycles. The molecule has 0 aliphatic rings. The summed E-state index contributed by atoms with van der Waals surface area (Å²) in [7, 11) is 0. The number of carbonyl (C=O) groups is 1. The minimum atomic E-state index is -0.474. The Hall–Kier alpha value is -1.15. The van der Waals surface area contributed by atoms with Gasteiger partial charge in [-0.2, -0.15) is 0 Å². The molecule has 0 heterocycles. The van der Waals surface area contributed by atoms with Crippen molar-refractivity contribution in [1.29, 1.82) is 0 Å². The van der Waals surface area contributed by atoms with Crippen LogP contribution in [-0.2, 0) is 0 Å². The van der Waals surface area contributed by atoms with Gasteiger partial charge in [0, 0.05) is 17.5 Å². The van der Waals surface area contributed by atoms with Crippen molar-refractivity contribution in [2.24, 2.45) is 11.1 Å². The third kappa shape index (κ3) is 2.45. The SMILES string of the molecule is Cc1ccc(C)c(C(=O)C(C)(C)CN)c1. The van der Waals surface area contributed by atoms with Crippen molar-refractivity contribution in [3.63, 3.8) is 0 Å². The van der Waals surface area contributed by atoms with Gasteiger partial charge in [-0.3, -0.25) is 4.79 Å². The molecule has 0 aliphatic carbocycles. The second-order valence-electron chi connectivity index (χ2n) is 4.74. The molecule has 1 rings (SSSR count). The normalized spacial score (nSPS) is 11.5. The standard InChI is InChI=1S/C13H19NO/c1-9-5-6-10(2)11(7-9)12(15)13(3,4)8-14/h5-7H,8,14H2,1-4H3. The Labute approximate surface area is 91.5 Å². The van der Waals surface area contributed by atoms with Gasteiger partial charge in [0.2, 0.25) is 0 Å². The monoisotopic (exact) mass is 205 g/mol. The van der Waals surface area contributed by atoms with Gasteiger partial charge < -0.3 is 5.73 Å². The number of ketones is 1. The first-order valence-corrected chi connectivity index (χ1v) is 5.20. The summed E-state index contributed by atoms with van der Waals surface area (Å²) in [6, 6.07) is 5.94. The Balaban J connectivity index is 3.17. The highest BCUT2D eigenvalue weighted by Crippen LogP contribution is 2.23. The predicted molar refractivity (Wildman–Crippen MR) is 63.1 cm³/mol. The molecule has 82 valence electrons. The molecule has 2 N–H and O–H groups in total. The van der Waals surface area contributed by atoms with Crippen LogP contribution in [0.5, 0.6) is 0 Å². The summed E-state index contributed by atoms with van der Waals surface area (Å²) in [4.78, 5) is 12.2. The van der Waals surface area contributed by atoms with Crippen molar-refractivity contribution >= 4 is 5.78 Å². The van der Waals surface area contributed by atoms with E-state index in [4.69, 9.17) is 5.73 Å². The van der Waals surface area contributed by atoms with Gasteiger partial charge in [0.05, 0.1) is 0 Å². The number of nitrogens with two attached hydrogens (primary N) is 1. The van der Waals surface area contributed by atoms with Crippen molar-refractivity contribution in [2.75, 3.05) is 6.54 Å². The summed E-state index contributed by atoms with van der Waals surface area (Å²) in [6.07, 6.45) is 0. The van der Waals surface area contributed by atoms with Crippen LogP contribution < -0.4 is 5.73 Å². The quantitative estimate of drug-likeness (QED) is 0.770. The maximum atomic E-state index is 12.2. The van der Waals surface area contributed by atoms with Gasteiger partial charge in [0.25, 0.3) is 0 Å². The lowest BCUT2D eigenvalue weighted by molar-refractivity contribution is 0.0847. The molecule has 2 heteroatoms. The molecule has 0 unspecified atom stereocenters. The number of rotatable bonds is 3. The Kier molecular flexibility index (Phi) is 3.30. The van der Waals surface area contributed by atoms with E-state index < -0.39 is 5.41 Å². The molecule has 0 radical (unpaired) electrons. The van der Waals surface area contributed by atoms with Gasteiger partial charge in [0.1, 0.15) is 0 Å². The second-order valence-corrected chi connectivity index (χ2v) is 4.74. The van der Waals surface area contributed by atoms with Gasteiger partial charge in [0.15, 0.2) is 5.78 Å². The Morgan fingerprint density at radius 2 is 1.93 bits per heavy atom. The van der Waals surface area contributed by atoms with Crippen LogP contribution in [0.1, 0.15) is 35.3 Å². The second kappa shape index (κ2) is 4.15. The number of hydrogen-bond donors (Lipinski definition) is 1. The molecule has 0 fully saturated rings. The fourth-order valence-electron chi connectivity index (χ4n) is 1.44. The molecule has 1 aromatic rings. The van der Waals surface area contributed by atoms with Gasteiger partial charge in [-0.1, -0.05) is 31.5 Å². The van der Waals surface area contributed by atoms with Crippen LogP contribution in [0.3, 0.4) is 0 Å². The largest absolute Gasteiger partial charge is 0.329 e. The smallest absolute Gasteiger partial charge is 0.169 e. The van der Waals surface area contributed by atoms with Gasteiger partial charge in [-0.25, -0.2) is 0 Å². The lowest BCUT2D eigenvalue weighted by Crippen LogP contribution is -2.33. The van der Waals surface area contributed by atoms with Crippen molar-refractivity contribution < 1.29 is 4.79 Å². The van der Waals surface area contributed by atoms with Crippen molar-refractivity contribution in [2.45, 2.75) is 27.7 Å². The molecule has 0 spiro atoms. The van der Waals surface area contributed by atoms with Crippen LogP contribution in [0, 0.1) is 19.3 Å². The molecule has 0 aliphatic heterocycles. The third-order valence-corrected chi connectivity index (χ3v) is 2.76. The Bertz CT molecular complexity index is 380. The molecular formula is C13H19NO. The van der Waals surface area contributed by atoms with Crippen molar-refractivity contribution in [3.05, 3.63) is 34.9 Å². The van der Waals surface area contributed by atoms with Crippen molar-refractivity contribution in [1.82, 2.24) is 0 Å². The zero-order chi connectivity index (χ0) is 11.6. The van der Waals surface area contributed by atoms with Crippen LogP contribution in [-0.4, -0.2) is 12.3 Å². The topological polar surface area (TPSA) is 43.1 Å². The number of aryl methyl sites for hydroxylation is 2. The Morgan fingerprint density at radius 1 is 1.33 bits per heavy atom. The van der Waals surface area contributed by atoms with E-state index in [1.54, 1.807) is 0 Å². The zero-order valence-corrected chi connectivity index (χ0v) is 9.92. The van der Waals surface area contributed by atoms with Crippen molar-refractivity contribution in [3.8, 4) is 0 Å². The van der Waals surface area contributed by atoms with Crippen LogP contribution in [0.4, 0.5) is 0 Å². The average Bonchev–Trinajstić information content (AvgIpc) is 2.20. The molecule has 0 bridgehead atoms. The van der Waals surface area contributed by atoms with Crippen LogP contribution >= 0.6 is 0 Å². The summed E-state index contributed by atoms with van der Waals surface area (Å²) in [5, 5.41) is 0. The van der Waals surface area contributed by atoms with E-state index >= 15 is 0 Å². The first-order valence-electron chi connectivity index (χ1n) is 5.20. The predicted octanol–water partition coefficient (Wildman–Crippen LogP) is 2.47. The fourth-order valence-corrected chi connectivity index (χ4v) is 1.44. The molecular weight excluding hydrogens is 186 g/mol. The molecule has 15 heavy (non-hydrogen) atoms. The highest BCUT2D eigenvalue weighted by molar-refractivity contribution is 6.01. The molecule has 0 saturated carbocycles. The third-order valence-electron chi connectivity index (χ3n) is 2.76. The van der Waals surface area contributed by atoms with E-state index in [0.29, 0.717) is 6.54 Å². The molecule has 0 atom stereocenters. The number of benzene rings is 1. The summed E-state index contributed by atoms with van der Waals surface area (Å²) in [6.45, 7) is 8.10. The summed E-state index contributed by atoms with van der Waals surface area (Å²) < 4.78 is 0. The van der Waals surface area contributed by atoms with Gasteiger partial charge in [-0.15, -0.1) is 0 Å². The maximum absolute atomic E-state index is 12.2. The molecule has 0 amide bonds. The summed E-state index contributed by atoms with van der Waals surface area (Å²) in [5.74, 6) is 0.131. The van der Waals surface area contributed by atoms with Crippen LogP contribution in [0.2, 0.25) is 0 Å². The summed E-state index contributed by atoms with van der Waals surface area (Å²) in [5.41, 5.74) is 8.06. The number of Topliss-reactive ketones (excluding diaryl/α,β-unsaturated/α-hetero) is 1. The van der Waals surface area contributed by atoms with Gasteiger partial charge >= 0.3 is 0 Å². The molecule has 2 nitrogen and oxygen atoms in total. The zero-order valence-electron chi connectivity index (χ0n) is 9.92. The lowest BCUT2D eigenvalue weighted by atomic mass is 9.82. The van der Waals surface area contributed by atoms with Crippen LogP contribution in [0.15, 0.2) is 18.2 Å². The summed E-state index contributed by atoms with van der Waals surface area (Å²) >= 11 is 0. The first kappa shape index (κ1) is 11.9. The fraction of sp³-hybridized carbons (Fsp3) is 0.462. The molecule has 0 aromatic heterocycles. The first-order chi connectivity index (χ1) is 6.88. The minimum Gasteiger partial charge on any atom is -0.329 e. The number of hydrogen-bond acceptors (Lipinski definition) is 2. The van der Waals surface area contributed by atoms with E-state index in [1.165, 1.54) is 0 Å². The van der Waals surface area contributed by atoms with E-state index in [1.807, 2.05) is 45.9 Å². The minimum absolute atomic E-state index is 0.131. The van der Waals surface area contributed by atoms with E-state index in [-0.39, 0.29) is 5.78 Å². The van der Waals surface area contributed by atoms with Gasteiger partial charge in [-0.05, 0) is 25.5 Å². The van der Waals surface area contributed by atoms with E-state index in [9.17, 15) is 4.79 Å². The van der Waals surface area contributed by atoms with Crippen LogP contribution in [0.25, 0.3) is 0 Å². The molecule has 0 saturated heterocycles. The van der Waals surface area contributed by atoms with E-state index in [2.05, 4.69) is 0 Å². The van der Waals surface area contributed by atoms with E-state index in [0.717, 1.165) is 16.7 Å². The lowest BCUT2D eigenvalue weighted by Gasteiger charge is -2.21. The highest BCUT2D eigenvalue weighted by atomic mass is 16.1. The maximum Gasteiger partial charge on any atom is 0.169 e.